The number of nitrogen functional groups attached to an aromatic ring is 1. The molecule has 0 aliphatic heterocycles. The first-order chi connectivity index (χ1) is 9.49. The Morgan fingerprint density at radius 2 is 1.90 bits per heavy atom. The highest BCUT2D eigenvalue weighted by molar-refractivity contribution is 6.35. The summed E-state index contributed by atoms with van der Waals surface area (Å²) in [6.07, 6.45) is 0. The monoisotopic (exact) mass is 313 g/mol. The topological polar surface area (TPSA) is 106 Å². The number of nitrogens with one attached hydrogen (secondary N) is 2. The van der Waals surface area contributed by atoms with Gasteiger partial charge in [-0.2, -0.15) is 0 Å². The van der Waals surface area contributed by atoms with Gasteiger partial charge in [0.2, 0.25) is 0 Å². The number of nitrogens with zero attached hydrogens (tertiary/aromatic N) is 2. The van der Waals surface area contributed by atoms with Gasteiger partial charge < -0.3 is 10.7 Å². The van der Waals surface area contributed by atoms with Crippen LogP contribution in [0.3, 0.4) is 0 Å². The average Bonchev–Trinajstić information content (AvgIpc) is 2.42. The van der Waals surface area contributed by atoms with Crippen molar-refractivity contribution in [2.75, 3.05) is 10.7 Å². The molecule has 0 radical (unpaired) electrons. The van der Waals surface area contributed by atoms with Crippen molar-refractivity contribution in [3.63, 3.8) is 0 Å². The van der Waals surface area contributed by atoms with Crippen molar-refractivity contribution in [2.24, 2.45) is 5.84 Å². The number of pyridine rings is 1. The van der Waals surface area contributed by atoms with Crippen LogP contribution in [-0.4, -0.2) is 9.91 Å². The minimum absolute atomic E-state index is 0.153. The highest BCUT2D eigenvalue weighted by Gasteiger charge is 2.12. The third-order valence-electron chi connectivity index (χ3n) is 2.36. The second kappa shape index (κ2) is 5.91. The van der Waals surface area contributed by atoms with E-state index in [-0.39, 0.29) is 17.3 Å². The maximum absolute atomic E-state index is 10.8. The number of halogens is 2. The van der Waals surface area contributed by atoms with E-state index in [9.17, 15) is 10.1 Å². The number of nitrogens with two attached hydrogens (primary N) is 1. The van der Waals surface area contributed by atoms with Crippen LogP contribution in [0.15, 0.2) is 30.3 Å². The van der Waals surface area contributed by atoms with Crippen molar-refractivity contribution in [2.45, 2.75) is 0 Å². The molecule has 1 aromatic heterocycles. The Morgan fingerprint density at radius 3 is 2.55 bits per heavy atom. The summed E-state index contributed by atoms with van der Waals surface area (Å²) in [5.41, 5.74) is 2.58. The van der Waals surface area contributed by atoms with Gasteiger partial charge in [-0.3, -0.25) is 10.1 Å². The van der Waals surface area contributed by atoms with E-state index < -0.39 is 4.92 Å². The summed E-state index contributed by atoms with van der Waals surface area (Å²) < 4.78 is 0. The lowest BCUT2D eigenvalue weighted by Gasteiger charge is -2.09. The normalized spacial score (nSPS) is 10.2. The number of aromatic nitrogens is 1. The predicted octanol–water partition coefficient (Wildman–Crippen LogP) is 3.33. The molecule has 7 nitrogen and oxygen atoms in total. The van der Waals surface area contributed by atoms with Crippen LogP contribution in [0.4, 0.5) is 23.0 Å². The third kappa shape index (κ3) is 3.27. The number of anilines is 3. The fourth-order valence-electron chi connectivity index (χ4n) is 1.49. The first kappa shape index (κ1) is 14.3. The van der Waals surface area contributed by atoms with E-state index in [1.54, 1.807) is 18.2 Å². The number of nitro groups is 1. The fraction of sp³-hybridized carbons (Fsp3) is 0. The van der Waals surface area contributed by atoms with Crippen molar-refractivity contribution in [1.82, 2.24) is 4.98 Å². The summed E-state index contributed by atoms with van der Waals surface area (Å²) in [5, 5.41) is 14.6. The van der Waals surface area contributed by atoms with E-state index in [1.165, 1.54) is 12.1 Å². The van der Waals surface area contributed by atoms with Gasteiger partial charge in [-0.05, 0) is 18.2 Å². The number of hydrogen-bond acceptors (Lipinski definition) is 6. The van der Waals surface area contributed by atoms with Crippen molar-refractivity contribution < 1.29 is 4.92 Å². The zero-order chi connectivity index (χ0) is 14.7. The second-order valence-electron chi connectivity index (χ2n) is 3.75. The van der Waals surface area contributed by atoms with Gasteiger partial charge in [0.05, 0.1) is 27.8 Å². The molecule has 0 aliphatic carbocycles. The number of rotatable bonds is 4. The number of hydrazine groups is 1. The Labute approximate surface area is 123 Å². The smallest absolute Gasteiger partial charge is 0.276 e. The molecule has 0 fully saturated rings. The molecule has 0 bridgehead atoms. The molecule has 9 heteroatoms. The Balaban J connectivity index is 2.39. The van der Waals surface area contributed by atoms with Crippen LogP contribution >= 0.6 is 23.2 Å². The Kier molecular flexibility index (Phi) is 4.23. The van der Waals surface area contributed by atoms with Crippen LogP contribution in [0.1, 0.15) is 0 Å². The summed E-state index contributed by atoms with van der Waals surface area (Å²) in [4.78, 5) is 14.3. The highest BCUT2D eigenvalue weighted by Crippen LogP contribution is 2.29. The molecule has 0 saturated carbocycles. The maximum Gasteiger partial charge on any atom is 0.276 e. The fourth-order valence-corrected chi connectivity index (χ4v) is 1.83. The first-order valence-corrected chi connectivity index (χ1v) is 6.10. The molecule has 1 aromatic carbocycles. The minimum atomic E-state index is -0.548. The van der Waals surface area contributed by atoms with E-state index in [0.717, 1.165) is 0 Å². The number of benzene rings is 1. The zero-order valence-electron chi connectivity index (χ0n) is 9.93. The molecular formula is C11H9Cl2N5O2. The summed E-state index contributed by atoms with van der Waals surface area (Å²) in [6, 6.07) is 7.29. The van der Waals surface area contributed by atoms with E-state index in [1.807, 2.05) is 0 Å². The van der Waals surface area contributed by atoms with Crippen molar-refractivity contribution >= 4 is 46.2 Å². The third-order valence-corrected chi connectivity index (χ3v) is 2.92. The van der Waals surface area contributed by atoms with Gasteiger partial charge in [-0.25, -0.2) is 10.8 Å². The van der Waals surface area contributed by atoms with Crippen LogP contribution in [-0.2, 0) is 0 Å². The average molecular weight is 314 g/mol. The van der Waals surface area contributed by atoms with Gasteiger partial charge in [0.1, 0.15) is 11.6 Å². The molecule has 2 aromatic rings. The predicted molar refractivity (Wildman–Crippen MR) is 78.4 cm³/mol. The number of hydrogen-bond donors (Lipinski definition) is 3. The van der Waals surface area contributed by atoms with Crippen molar-refractivity contribution in [3.05, 3.63) is 50.5 Å². The molecule has 0 saturated heterocycles. The largest absolute Gasteiger partial charge is 0.339 e. The van der Waals surface area contributed by atoms with Gasteiger partial charge in [-0.15, -0.1) is 0 Å². The summed E-state index contributed by atoms with van der Waals surface area (Å²) in [5.74, 6) is 5.60. The standard InChI is InChI=1S/C11H9Cl2N5O2/c12-6-1-2-8(13)9(3-6)15-10-4-7(18(19)20)5-11(16-10)17-14/h1-5H,14H2,(H2,15,16,17). The van der Waals surface area contributed by atoms with Crippen LogP contribution < -0.4 is 16.6 Å². The van der Waals surface area contributed by atoms with E-state index in [0.29, 0.717) is 15.7 Å². The zero-order valence-corrected chi connectivity index (χ0v) is 11.4. The van der Waals surface area contributed by atoms with Gasteiger partial charge in [-0.1, -0.05) is 23.2 Å². The minimum Gasteiger partial charge on any atom is -0.339 e. The molecule has 2 rings (SSSR count). The Bertz CT molecular complexity index is 665. The van der Waals surface area contributed by atoms with Gasteiger partial charge >= 0.3 is 0 Å². The Hall–Kier alpha value is -2.09. The lowest BCUT2D eigenvalue weighted by Crippen LogP contribution is -2.10. The first-order valence-electron chi connectivity index (χ1n) is 5.35. The molecular weight excluding hydrogens is 305 g/mol. The summed E-state index contributed by atoms with van der Waals surface area (Å²) >= 11 is 11.9. The van der Waals surface area contributed by atoms with Gasteiger partial charge in [0, 0.05) is 5.02 Å². The quantitative estimate of drug-likeness (QED) is 0.454. The second-order valence-corrected chi connectivity index (χ2v) is 4.59. The molecule has 0 aliphatic rings. The van der Waals surface area contributed by atoms with Crippen molar-refractivity contribution in [1.29, 1.82) is 0 Å². The van der Waals surface area contributed by atoms with E-state index >= 15 is 0 Å². The van der Waals surface area contributed by atoms with Gasteiger partial charge in [0.25, 0.3) is 5.69 Å². The van der Waals surface area contributed by atoms with Crippen molar-refractivity contribution in [3.8, 4) is 0 Å². The molecule has 0 spiro atoms. The lowest BCUT2D eigenvalue weighted by molar-refractivity contribution is -0.384. The molecule has 0 atom stereocenters. The molecule has 1 heterocycles. The summed E-state index contributed by atoms with van der Waals surface area (Å²) in [7, 11) is 0. The van der Waals surface area contributed by atoms with E-state index in [2.05, 4.69) is 15.7 Å². The molecule has 0 unspecified atom stereocenters. The Morgan fingerprint density at radius 1 is 1.20 bits per heavy atom. The summed E-state index contributed by atoms with van der Waals surface area (Å²) in [6.45, 7) is 0. The molecule has 104 valence electrons. The maximum atomic E-state index is 10.8. The highest BCUT2D eigenvalue weighted by atomic mass is 35.5. The van der Waals surface area contributed by atoms with Crippen LogP contribution in [0.5, 0.6) is 0 Å². The van der Waals surface area contributed by atoms with Gasteiger partial charge in [0.15, 0.2) is 0 Å². The molecule has 4 N–H and O–H groups in total. The van der Waals surface area contributed by atoms with Crippen LogP contribution in [0.25, 0.3) is 0 Å². The van der Waals surface area contributed by atoms with E-state index in [4.69, 9.17) is 29.0 Å². The SMILES string of the molecule is NNc1cc([N+](=O)[O-])cc(Nc2cc(Cl)ccc2Cl)n1. The van der Waals surface area contributed by atoms with Crippen LogP contribution in [0, 0.1) is 10.1 Å². The lowest BCUT2D eigenvalue weighted by atomic mass is 10.3. The molecule has 20 heavy (non-hydrogen) atoms. The van der Waals surface area contributed by atoms with Crippen LogP contribution in [0.2, 0.25) is 10.0 Å². The molecule has 0 amide bonds.